The molecule has 0 radical (unpaired) electrons. The Hall–Kier alpha value is -0.910. The highest BCUT2D eigenvalue weighted by atomic mass is 32.1. The lowest BCUT2D eigenvalue weighted by Gasteiger charge is -2.24. The van der Waals surface area contributed by atoms with Gasteiger partial charge in [-0.15, -0.1) is 11.3 Å². The second-order valence-electron chi connectivity index (χ2n) is 4.63. The van der Waals surface area contributed by atoms with E-state index in [4.69, 9.17) is 10.5 Å². The highest BCUT2D eigenvalue weighted by Crippen LogP contribution is 2.30. The Morgan fingerprint density at radius 2 is 2.44 bits per heavy atom. The number of thiophene rings is 1. The van der Waals surface area contributed by atoms with Crippen LogP contribution in [0.5, 0.6) is 0 Å². The van der Waals surface area contributed by atoms with Crippen LogP contribution in [-0.4, -0.2) is 36.6 Å². The Balaban J connectivity index is 1.94. The molecule has 2 rings (SSSR count). The second kappa shape index (κ2) is 6.31. The first kappa shape index (κ1) is 13.5. The van der Waals surface area contributed by atoms with Gasteiger partial charge < -0.3 is 15.4 Å². The fourth-order valence-corrected chi connectivity index (χ4v) is 2.66. The van der Waals surface area contributed by atoms with Crippen LogP contribution in [0.4, 0.5) is 0 Å². The van der Waals surface area contributed by atoms with Crippen molar-refractivity contribution in [2.24, 2.45) is 5.73 Å². The zero-order valence-electron chi connectivity index (χ0n) is 10.7. The zero-order chi connectivity index (χ0) is 13.0. The summed E-state index contributed by atoms with van der Waals surface area (Å²) in [5.41, 5.74) is 5.57. The molecule has 1 aromatic heterocycles. The van der Waals surface area contributed by atoms with E-state index in [9.17, 15) is 4.79 Å². The summed E-state index contributed by atoms with van der Waals surface area (Å²) in [6, 6.07) is 4.52. The highest BCUT2D eigenvalue weighted by Gasteiger charge is 2.33. The van der Waals surface area contributed by atoms with E-state index < -0.39 is 0 Å². The van der Waals surface area contributed by atoms with Gasteiger partial charge in [-0.25, -0.2) is 0 Å². The van der Waals surface area contributed by atoms with E-state index in [2.05, 4.69) is 6.07 Å². The third-order valence-corrected chi connectivity index (χ3v) is 4.07. The van der Waals surface area contributed by atoms with Crippen molar-refractivity contribution in [2.45, 2.75) is 38.0 Å². The van der Waals surface area contributed by atoms with E-state index in [1.165, 1.54) is 4.88 Å². The van der Waals surface area contributed by atoms with E-state index in [-0.39, 0.29) is 12.0 Å². The number of rotatable bonds is 7. The monoisotopic (exact) mass is 268 g/mol. The van der Waals surface area contributed by atoms with Crippen LogP contribution < -0.4 is 5.73 Å². The maximum absolute atomic E-state index is 12.3. The van der Waals surface area contributed by atoms with Gasteiger partial charge >= 0.3 is 0 Å². The Labute approximate surface area is 112 Å². The summed E-state index contributed by atoms with van der Waals surface area (Å²) in [5.74, 6) is 0.156. The van der Waals surface area contributed by atoms with Crippen molar-refractivity contribution in [1.82, 2.24) is 4.90 Å². The average Bonchev–Trinajstić information content (AvgIpc) is 3.09. The van der Waals surface area contributed by atoms with Gasteiger partial charge in [-0.05, 0) is 24.3 Å². The maximum Gasteiger partial charge on any atom is 0.225 e. The predicted octanol–water partition coefficient (Wildman–Crippen LogP) is 1.60. The lowest BCUT2D eigenvalue weighted by molar-refractivity contribution is -0.134. The first-order valence-electron chi connectivity index (χ1n) is 6.29. The SMILES string of the molecule is COC(CN)CC(=O)N(Cc1cccs1)C1CC1. The summed E-state index contributed by atoms with van der Waals surface area (Å²) in [6.45, 7) is 1.11. The van der Waals surface area contributed by atoms with Gasteiger partial charge in [0.1, 0.15) is 0 Å². The minimum absolute atomic E-state index is 0.156. The Morgan fingerprint density at radius 3 is 2.94 bits per heavy atom. The Bertz CT molecular complexity index is 372. The van der Waals surface area contributed by atoms with E-state index in [1.54, 1.807) is 18.4 Å². The number of nitrogens with zero attached hydrogens (tertiary/aromatic N) is 1. The first-order chi connectivity index (χ1) is 8.74. The van der Waals surface area contributed by atoms with Crippen LogP contribution in [0.3, 0.4) is 0 Å². The molecule has 0 bridgehead atoms. The molecule has 1 unspecified atom stereocenters. The van der Waals surface area contributed by atoms with Gasteiger partial charge in [0.05, 0.1) is 19.1 Å². The third-order valence-electron chi connectivity index (χ3n) is 3.21. The largest absolute Gasteiger partial charge is 0.380 e. The average molecular weight is 268 g/mol. The smallest absolute Gasteiger partial charge is 0.225 e. The molecule has 1 aliphatic rings. The molecular weight excluding hydrogens is 248 g/mol. The van der Waals surface area contributed by atoms with E-state index in [1.807, 2.05) is 16.3 Å². The highest BCUT2D eigenvalue weighted by molar-refractivity contribution is 7.09. The van der Waals surface area contributed by atoms with Crippen molar-refractivity contribution in [3.8, 4) is 0 Å². The number of ether oxygens (including phenoxy) is 1. The molecule has 100 valence electrons. The summed E-state index contributed by atoms with van der Waals surface area (Å²) in [7, 11) is 1.60. The number of hydrogen-bond donors (Lipinski definition) is 1. The van der Waals surface area contributed by atoms with Crippen molar-refractivity contribution in [3.05, 3.63) is 22.4 Å². The zero-order valence-corrected chi connectivity index (χ0v) is 11.5. The van der Waals surface area contributed by atoms with Crippen LogP contribution in [0.25, 0.3) is 0 Å². The Kier molecular flexibility index (Phi) is 4.74. The van der Waals surface area contributed by atoms with Gasteiger partial charge in [-0.1, -0.05) is 6.07 Å². The van der Waals surface area contributed by atoms with Crippen LogP contribution in [0.15, 0.2) is 17.5 Å². The van der Waals surface area contributed by atoms with Crippen LogP contribution in [0.1, 0.15) is 24.1 Å². The molecule has 18 heavy (non-hydrogen) atoms. The first-order valence-corrected chi connectivity index (χ1v) is 7.17. The number of methoxy groups -OCH3 is 1. The molecule has 1 fully saturated rings. The minimum Gasteiger partial charge on any atom is -0.380 e. The third kappa shape index (κ3) is 3.54. The van der Waals surface area contributed by atoms with Crippen LogP contribution in [-0.2, 0) is 16.1 Å². The second-order valence-corrected chi connectivity index (χ2v) is 5.66. The van der Waals surface area contributed by atoms with E-state index >= 15 is 0 Å². The molecule has 0 spiro atoms. The van der Waals surface area contributed by atoms with E-state index in [0.717, 1.165) is 19.4 Å². The molecule has 1 amide bonds. The van der Waals surface area contributed by atoms with Gasteiger partial charge in [-0.2, -0.15) is 0 Å². The topological polar surface area (TPSA) is 55.6 Å². The van der Waals surface area contributed by atoms with Crippen LogP contribution in [0.2, 0.25) is 0 Å². The molecule has 1 saturated carbocycles. The van der Waals surface area contributed by atoms with Gasteiger partial charge in [0.15, 0.2) is 0 Å². The predicted molar refractivity (Wildman–Crippen MR) is 72.4 cm³/mol. The molecule has 2 N–H and O–H groups in total. The summed E-state index contributed by atoms with van der Waals surface area (Å²) >= 11 is 1.69. The number of carbonyl (C=O) groups excluding carboxylic acids is 1. The summed E-state index contributed by atoms with van der Waals surface area (Å²) in [4.78, 5) is 15.5. The molecule has 1 aromatic rings. The number of hydrogen-bond acceptors (Lipinski definition) is 4. The molecule has 1 atom stereocenters. The fourth-order valence-electron chi connectivity index (χ4n) is 1.95. The molecule has 0 aliphatic heterocycles. The van der Waals surface area contributed by atoms with Crippen LogP contribution in [0, 0.1) is 0 Å². The molecule has 1 heterocycles. The standard InChI is InChI=1S/C13H20N2O2S/c1-17-11(8-14)7-13(16)15(10-4-5-10)9-12-3-2-6-18-12/h2-3,6,10-11H,4-5,7-9,14H2,1H3. The normalized spacial score (nSPS) is 16.6. The van der Waals surface area contributed by atoms with Crippen molar-refractivity contribution in [3.63, 3.8) is 0 Å². The van der Waals surface area contributed by atoms with Crippen molar-refractivity contribution in [1.29, 1.82) is 0 Å². The van der Waals surface area contributed by atoms with Crippen molar-refractivity contribution < 1.29 is 9.53 Å². The van der Waals surface area contributed by atoms with Gasteiger partial charge in [0.25, 0.3) is 0 Å². The molecule has 5 heteroatoms. The van der Waals surface area contributed by atoms with Gasteiger partial charge in [0.2, 0.25) is 5.91 Å². The lowest BCUT2D eigenvalue weighted by atomic mass is 10.2. The minimum atomic E-state index is -0.165. The molecule has 4 nitrogen and oxygen atoms in total. The number of amides is 1. The quantitative estimate of drug-likeness (QED) is 0.817. The molecule has 1 aliphatic carbocycles. The number of nitrogens with two attached hydrogens (primary N) is 1. The Morgan fingerprint density at radius 1 is 1.67 bits per heavy atom. The van der Waals surface area contributed by atoms with Gasteiger partial charge in [0, 0.05) is 24.6 Å². The summed E-state index contributed by atoms with van der Waals surface area (Å²) in [5, 5.41) is 2.04. The fraction of sp³-hybridized carbons (Fsp3) is 0.615. The molecular formula is C13H20N2O2S. The molecule has 0 aromatic carbocycles. The number of carbonyl (C=O) groups is 1. The van der Waals surface area contributed by atoms with Crippen molar-refractivity contribution >= 4 is 17.2 Å². The lowest BCUT2D eigenvalue weighted by Crippen LogP contribution is -2.36. The van der Waals surface area contributed by atoms with Crippen LogP contribution >= 0.6 is 11.3 Å². The van der Waals surface area contributed by atoms with Crippen molar-refractivity contribution in [2.75, 3.05) is 13.7 Å². The summed E-state index contributed by atoms with van der Waals surface area (Å²) in [6.07, 6.45) is 2.46. The summed E-state index contributed by atoms with van der Waals surface area (Å²) < 4.78 is 5.19. The van der Waals surface area contributed by atoms with E-state index in [0.29, 0.717) is 19.0 Å². The maximum atomic E-state index is 12.3. The van der Waals surface area contributed by atoms with Gasteiger partial charge in [-0.3, -0.25) is 4.79 Å². The molecule has 0 saturated heterocycles.